The molecule has 1 N–H and O–H groups in total. The van der Waals surface area contributed by atoms with Gasteiger partial charge in [0, 0.05) is 11.8 Å². The first-order valence-corrected chi connectivity index (χ1v) is 6.41. The predicted octanol–water partition coefficient (Wildman–Crippen LogP) is 3.01. The quantitative estimate of drug-likeness (QED) is 0.929. The summed E-state index contributed by atoms with van der Waals surface area (Å²) in [5.74, 6) is 1.12. The second-order valence-electron chi connectivity index (χ2n) is 4.99. The van der Waals surface area contributed by atoms with E-state index in [9.17, 15) is 4.79 Å². The van der Waals surface area contributed by atoms with Crippen molar-refractivity contribution in [1.82, 2.24) is 4.98 Å². The number of pyridine rings is 1. The molecule has 0 spiro atoms. The Hall–Kier alpha value is -2.36. The lowest BCUT2D eigenvalue weighted by Gasteiger charge is -2.25. The number of nitrogens with one attached hydrogen (secondary N) is 1. The van der Waals surface area contributed by atoms with E-state index in [4.69, 9.17) is 4.74 Å². The lowest BCUT2D eigenvalue weighted by atomic mass is 9.83. The monoisotopic (exact) mass is 270 g/mol. The fraction of sp³-hybridized carbons (Fsp3) is 0.250. The molecule has 0 fully saturated rings. The van der Waals surface area contributed by atoms with Crippen molar-refractivity contribution in [2.75, 3.05) is 12.4 Å². The minimum absolute atomic E-state index is 0.124. The number of nitrogens with zero attached hydrogens (tertiary/aromatic N) is 1. The van der Waals surface area contributed by atoms with E-state index in [-0.39, 0.29) is 5.91 Å². The van der Waals surface area contributed by atoms with Crippen molar-refractivity contribution in [2.45, 2.75) is 19.3 Å². The summed E-state index contributed by atoms with van der Waals surface area (Å²) in [6.07, 6.45) is 1.64. The van der Waals surface area contributed by atoms with E-state index in [2.05, 4.69) is 10.3 Å². The molecular formula is C16H18N2O2. The van der Waals surface area contributed by atoms with Crippen LogP contribution in [-0.4, -0.2) is 18.0 Å². The van der Waals surface area contributed by atoms with Crippen molar-refractivity contribution >= 4 is 11.7 Å². The summed E-state index contributed by atoms with van der Waals surface area (Å²) in [7, 11) is 1.60. The van der Waals surface area contributed by atoms with Gasteiger partial charge in [-0.3, -0.25) is 4.79 Å². The molecule has 0 unspecified atom stereocenters. The van der Waals surface area contributed by atoms with Gasteiger partial charge in [0.2, 0.25) is 5.91 Å². The maximum atomic E-state index is 12.5. The van der Waals surface area contributed by atoms with Crippen LogP contribution in [0.1, 0.15) is 19.4 Å². The van der Waals surface area contributed by atoms with E-state index in [0.717, 1.165) is 5.56 Å². The number of carbonyl (C=O) groups excluding carboxylic acids is 1. The molecule has 1 aromatic carbocycles. The van der Waals surface area contributed by atoms with Gasteiger partial charge < -0.3 is 10.1 Å². The van der Waals surface area contributed by atoms with Gasteiger partial charge in [-0.15, -0.1) is 0 Å². The lowest BCUT2D eigenvalue weighted by Crippen LogP contribution is -2.35. The Balaban J connectivity index is 2.27. The minimum atomic E-state index is -0.718. The van der Waals surface area contributed by atoms with Crippen LogP contribution in [0.4, 0.5) is 5.82 Å². The molecule has 0 aliphatic rings. The first-order chi connectivity index (χ1) is 9.55. The number of amides is 1. The van der Waals surface area contributed by atoms with E-state index in [1.54, 1.807) is 25.4 Å². The number of ether oxygens (including phenoxy) is 1. The van der Waals surface area contributed by atoms with Gasteiger partial charge in [0.05, 0.1) is 12.5 Å². The Bertz CT molecular complexity index is 594. The fourth-order valence-electron chi connectivity index (χ4n) is 1.99. The first-order valence-electron chi connectivity index (χ1n) is 6.41. The highest BCUT2D eigenvalue weighted by molar-refractivity contribution is 5.98. The highest BCUT2D eigenvalue weighted by Gasteiger charge is 2.32. The van der Waals surface area contributed by atoms with E-state index >= 15 is 0 Å². The zero-order chi connectivity index (χ0) is 14.6. The third kappa shape index (κ3) is 2.79. The Morgan fingerprint density at radius 2 is 1.85 bits per heavy atom. The molecule has 1 heterocycles. The van der Waals surface area contributed by atoms with Gasteiger partial charge in [0.15, 0.2) is 0 Å². The number of benzene rings is 1. The highest BCUT2D eigenvalue weighted by atomic mass is 16.5. The zero-order valence-electron chi connectivity index (χ0n) is 11.9. The van der Waals surface area contributed by atoms with Crippen molar-refractivity contribution in [3.05, 3.63) is 54.2 Å². The zero-order valence-corrected chi connectivity index (χ0v) is 11.9. The Labute approximate surface area is 118 Å². The van der Waals surface area contributed by atoms with E-state index in [1.165, 1.54) is 0 Å². The summed E-state index contributed by atoms with van der Waals surface area (Å²) in [6.45, 7) is 3.73. The van der Waals surface area contributed by atoms with Crippen LogP contribution in [0.2, 0.25) is 0 Å². The Kier molecular flexibility index (Phi) is 4.03. The second kappa shape index (κ2) is 5.74. The molecule has 0 aliphatic heterocycles. The molecule has 20 heavy (non-hydrogen) atoms. The number of rotatable bonds is 4. The largest absolute Gasteiger partial charge is 0.496 e. The number of carbonyl (C=O) groups is 1. The number of aromatic nitrogens is 1. The lowest BCUT2D eigenvalue weighted by molar-refractivity contribution is -0.120. The summed E-state index contributed by atoms with van der Waals surface area (Å²) in [5.41, 5.74) is 0.125. The Morgan fingerprint density at radius 3 is 2.50 bits per heavy atom. The van der Waals surface area contributed by atoms with Gasteiger partial charge in [0.1, 0.15) is 11.6 Å². The maximum absolute atomic E-state index is 12.5. The molecule has 104 valence electrons. The summed E-state index contributed by atoms with van der Waals surface area (Å²) in [6, 6.07) is 12.9. The molecule has 2 aromatic rings. The summed E-state index contributed by atoms with van der Waals surface area (Å²) in [4.78, 5) is 16.6. The average molecular weight is 270 g/mol. The molecule has 0 saturated carbocycles. The van der Waals surface area contributed by atoms with Gasteiger partial charge in [-0.2, -0.15) is 0 Å². The molecule has 2 rings (SSSR count). The fourth-order valence-corrected chi connectivity index (χ4v) is 1.99. The van der Waals surface area contributed by atoms with Crippen LogP contribution in [0.25, 0.3) is 0 Å². The van der Waals surface area contributed by atoms with E-state index in [0.29, 0.717) is 11.6 Å². The van der Waals surface area contributed by atoms with Crippen LogP contribution in [0.3, 0.4) is 0 Å². The molecule has 0 bridgehead atoms. The molecule has 0 atom stereocenters. The van der Waals surface area contributed by atoms with Crippen molar-refractivity contribution in [3.8, 4) is 5.75 Å². The topological polar surface area (TPSA) is 51.2 Å². The maximum Gasteiger partial charge on any atom is 0.235 e. The van der Waals surface area contributed by atoms with Crippen molar-refractivity contribution in [3.63, 3.8) is 0 Å². The third-order valence-corrected chi connectivity index (χ3v) is 3.25. The number of methoxy groups -OCH3 is 1. The van der Waals surface area contributed by atoms with Crippen molar-refractivity contribution in [1.29, 1.82) is 0 Å². The average Bonchev–Trinajstić information content (AvgIpc) is 2.48. The van der Waals surface area contributed by atoms with Gasteiger partial charge in [-0.05, 0) is 32.0 Å². The molecule has 0 aliphatic carbocycles. The smallest absolute Gasteiger partial charge is 0.235 e. The predicted molar refractivity (Wildman–Crippen MR) is 78.9 cm³/mol. The number of hydrogen-bond donors (Lipinski definition) is 1. The number of hydrogen-bond acceptors (Lipinski definition) is 3. The number of anilines is 1. The standard InChI is InChI=1S/C16H18N2O2/c1-16(2,12-8-4-5-9-13(12)20-3)15(19)18-14-10-6-7-11-17-14/h4-11H,1-3H3,(H,17,18,19). The normalized spacial score (nSPS) is 10.9. The van der Waals surface area contributed by atoms with Gasteiger partial charge in [0.25, 0.3) is 0 Å². The summed E-state index contributed by atoms with van der Waals surface area (Å²) >= 11 is 0. The number of para-hydroxylation sites is 1. The van der Waals surface area contributed by atoms with Crippen molar-refractivity contribution < 1.29 is 9.53 Å². The van der Waals surface area contributed by atoms with Crippen LogP contribution in [0, 0.1) is 0 Å². The first kappa shape index (κ1) is 14.1. The van der Waals surface area contributed by atoms with Gasteiger partial charge in [-0.25, -0.2) is 4.98 Å². The van der Waals surface area contributed by atoms with E-state index in [1.807, 2.05) is 44.2 Å². The summed E-state index contributed by atoms with van der Waals surface area (Å²) < 4.78 is 5.34. The van der Waals surface area contributed by atoms with Crippen LogP contribution >= 0.6 is 0 Å². The molecule has 4 heteroatoms. The summed E-state index contributed by atoms with van der Waals surface area (Å²) in [5, 5.41) is 2.83. The van der Waals surface area contributed by atoms with Gasteiger partial charge >= 0.3 is 0 Å². The van der Waals surface area contributed by atoms with Crippen LogP contribution < -0.4 is 10.1 Å². The Morgan fingerprint density at radius 1 is 1.15 bits per heavy atom. The SMILES string of the molecule is COc1ccccc1C(C)(C)C(=O)Nc1ccccn1. The molecule has 4 nitrogen and oxygen atoms in total. The second-order valence-corrected chi connectivity index (χ2v) is 4.99. The highest BCUT2D eigenvalue weighted by Crippen LogP contribution is 2.32. The third-order valence-electron chi connectivity index (χ3n) is 3.25. The molecule has 0 radical (unpaired) electrons. The van der Waals surface area contributed by atoms with E-state index < -0.39 is 5.41 Å². The van der Waals surface area contributed by atoms with Crippen LogP contribution in [0.15, 0.2) is 48.7 Å². The van der Waals surface area contributed by atoms with Crippen LogP contribution in [0.5, 0.6) is 5.75 Å². The molecule has 1 aromatic heterocycles. The molecule has 0 saturated heterocycles. The van der Waals surface area contributed by atoms with Crippen molar-refractivity contribution in [2.24, 2.45) is 0 Å². The molecule has 1 amide bonds. The molecular weight excluding hydrogens is 252 g/mol. The van der Waals surface area contributed by atoms with Gasteiger partial charge in [-0.1, -0.05) is 24.3 Å². The van der Waals surface area contributed by atoms with Crippen LogP contribution in [-0.2, 0) is 10.2 Å². The minimum Gasteiger partial charge on any atom is -0.496 e.